The van der Waals surface area contributed by atoms with Crippen LogP contribution in [0.4, 0.5) is 5.69 Å². The quantitative estimate of drug-likeness (QED) is 0.623. The van der Waals surface area contributed by atoms with Gasteiger partial charge in [0.25, 0.3) is 5.91 Å². The third-order valence-corrected chi connectivity index (χ3v) is 6.55. The number of amides is 1. The molecule has 0 atom stereocenters. The summed E-state index contributed by atoms with van der Waals surface area (Å²) < 4.78 is 6.08. The van der Waals surface area contributed by atoms with E-state index < -0.39 is 0 Å². The number of para-hydroxylation sites is 1. The minimum Gasteiger partial charge on any atom is -0.462 e. The Morgan fingerprint density at radius 3 is 2.38 bits per heavy atom. The van der Waals surface area contributed by atoms with Crippen LogP contribution in [0.2, 0.25) is 0 Å². The number of likely N-dealkylation sites (tertiary alicyclic amines) is 1. The van der Waals surface area contributed by atoms with Crippen LogP contribution < -0.4 is 5.32 Å². The fourth-order valence-corrected chi connectivity index (χ4v) is 4.86. The Kier molecular flexibility index (Phi) is 5.37. The molecule has 2 fully saturated rings. The maximum absolute atomic E-state index is 13.5. The fraction of sp³-hybridized carbons (Fsp3) is 0.619. The molecule has 0 unspecified atom stereocenters. The van der Waals surface area contributed by atoms with Crippen molar-refractivity contribution in [2.75, 3.05) is 31.6 Å². The van der Waals surface area contributed by atoms with Crippen LogP contribution in [0.25, 0.3) is 0 Å². The van der Waals surface area contributed by atoms with E-state index in [-0.39, 0.29) is 17.4 Å². The Labute approximate surface area is 156 Å². The van der Waals surface area contributed by atoms with Crippen molar-refractivity contribution in [1.29, 1.82) is 0 Å². The van der Waals surface area contributed by atoms with Gasteiger partial charge in [-0.25, -0.2) is 4.79 Å². The first-order valence-corrected chi connectivity index (χ1v) is 9.94. The second-order valence-corrected chi connectivity index (χ2v) is 7.67. The molecule has 0 radical (unpaired) electrons. The average Bonchev–Trinajstić information content (AvgIpc) is 3.06. The van der Waals surface area contributed by atoms with Gasteiger partial charge in [0.05, 0.1) is 37.5 Å². The van der Waals surface area contributed by atoms with Crippen LogP contribution in [-0.4, -0.2) is 48.1 Å². The van der Waals surface area contributed by atoms with Gasteiger partial charge in [-0.15, -0.1) is 0 Å². The normalized spacial score (nSPS) is 20.3. The van der Waals surface area contributed by atoms with E-state index in [1.165, 1.54) is 12.8 Å². The molecule has 26 heavy (non-hydrogen) atoms. The average molecular weight is 359 g/mol. The minimum atomic E-state index is -0.380. The SMILES string of the molecule is CCOC(=O)c1cccc(C)c1NC(=O)C1([N+]2(CC)CCCC2)CCC1. The molecular weight excluding hydrogens is 328 g/mol. The summed E-state index contributed by atoms with van der Waals surface area (Å²) >= 11 is 0. The number of benzene rings is 1. The summed E-state index contributed by atoms with van der Waals surface area (Å²) in [5.41, 5.74) is 1.61. The summed E-state index contributed by atoms with van der Waals surface area (Å²) in [5, 5.41) is 3.14. The molecule has 2 aliphatic rings. The summed E-state index contributed by atoms with van der Waals surface area (Å²) in [4.78, 5) is 25.8. The summed E-state index contributed by atoms with van der Waals surface area (Å²) in [5.74, 6) is -0.304. The first kappa shape index (κ1) is 18.9. The molecule has 1 aliphatic carbocycles. The lowest BCUT2D eigenvalue weighted by molar-refractivity contribution is -0.960. The topological polar surface area (TPSA) is 55.4 Å². The van der Waals surface area contributed by atoms with E-state index in [0.717, 1.165) is 48.9 Å². The maximum Gasteiger partial charge on any atom is 0.340 e. The predicted octanol–water partition coefficient (Wildman–Crippen LogP) is 3.66. The number of nitrogens with zero attached hydrogens (tertiary/aromatic N) is 1. The maximum atomic E-state index is 13.5. The zero-order valence-electron chi connectivity index (χ0n) is 16.3. The van der Waals surface area contributed by atoms with E-state index >= 15 is 0 Å². The van der Waals surface area contributed by atoms with Gasteiger partial charge in [-0.3, -0.25) is 4.79 Å². The molecule has 3 rings (SSSR count). The highest BCUT2D eigenvalue weighted by molar-refractivity contribution is 6.05. The Balaban J connectivity index is 1.91. The monoisotopic (exact) mass is 359 g/mol. The highest BCUT2D eigenvalue weighted by atomic mass is 16.5. The third-order valence-electron chi connectivity index (χ3n) is 6.55. The number of ether oxygens (including phenoxy) is 1. The fourth-order valence-electron chi connectivity index (χ4n) is 4.86. The molecule has 1 aromatic rings. The van der Waals surface area contributed by atoms with E-state index in [0.29, 0.717) is 17.9 Å². The number of carbonyl (C=O) groups excluding carboxylic acids is 2. The van der Waals surface area contributed by atoms with E-state index in [1.54, 1.807) is 13.0 Å². The van der Waals surface area contributed by atoms with Crippen molar-refractivity contribution in [1.82, 2.24) is 0 Å². The lowest BCUT2D eigenvalue weighted by Crippen LogP contribution is -2.71. The van der Waals surface area contributed by atoms with E-state index in [1.807, 2.05) is 19.1 Å². The van der Waals surface area contributed by atoms with Gasteiger partial charge in [-0.1, -0.05) is 12.1 Å². The van der Waals surface area contributed by atoms with Crippen LogP contribution in [0, 0.1) is 6.92 Å². The van der Waals surface area contributed by atoms with Crippen molar-refractivity contribution in [2.45, 2.75) is 58.4 Å². The lowest BCUT2D eigenvalue weighted by Gasteiger charge is -2.54. The molecule has 5 nitrogen and oxygen atoms in total. The van der Waals surface area contributed by atoms with Crippen LogP contribution in [0.5, 0.6) is 0 Å². The Morgan fingerprint density at radius 1 is 1.15 bits per heavy atom. The molecule has 142 valence electrons. The molecule has 0 aromatic heterocycles. The van der Waals surface area contributed by atoms with E-state index in [4.69, 9.17) is 4.74 Å². The largest absolute Gasteiger partial charge is 0.462 e. The number of rotatable bonds is 6. The molecule has 1 amide bonds. The summed E-state index contributed by atoms with van der Waals surface area (Å²) in [7, 11) is 0. The van der Waals surface area contributed by atoms with Crippen molar-refractivity contribution < 1.29 is 18.8 Å². The molecule has 0 spiro atoms. The van der Waals surface area contributed by atoms with Gasteiger partial charge in [0.15, 0.2) is 5.54 Å². The second-order valence-electron chi connectivity index (χ2n) is 7.67. The molecule has 1 N–H and O–H groups in total. The van der Waals surface area contributed by atoms with E-state index in [9.17, 15) is 9.59 Å². The number of quaternary nitrogens is 1. The smallest absolute Gasteiger partial charge is 0.340 e. The van der Waals surface area contributed by atoms with Crippen LogP contribution in [-0.2, 0) is 9.53 Å². The molecular formula is C21H31N2O3+. The van der Waals surface area contributed by atoms with Gasteiger partial charge >= 0.3 is 5.97 Å². The van der Waals surface area contributed by atoms with Crippen molar-refractivity contribution in [3.63, 3.8) is 0 Å². The summed E-state index contributed by atoms with van der Waals surface area (Å²) in [6, 6.07) is 5.48. The molecule has 5 heteroatoms. The van der Waals surface area contributed by atoms with Gasteiger partial charge in [-0.2, -0.15) is 0 Å². The lowest BCUT2D eigenvalue weighted by atomic mass is 9.72. The van der Waals surface area contributed by atoms with Gasteiger partial charge in [-0.05, 0) is 38.8 Å². The first-order chi connectivity index (χ1) is 12.5. The number of hydrogen-bond acceptors (Lipinski definition) is 3. The standard InChI is InChI=1S/C21H30N2O3/c1-4-23(14-6-7-15-23)21(12-9-13-21)20(25)22-18-16(3)10-8-11-17(18)19(24)26-5-2/h8,10-11H,4-7,9,12-15H2,1-3H3/p+1. The number of esters is 1. The predicted molar refractivity (Wildman–Crippen MR) is 102 cm³/mol. The van der Waals surface area contributed by atoms with Gasteiger partial charge in [0.1, 0.15) is 0 Å². The van der Waals surface area contributed by atoms with Crippen molar-refractivity contribution in [3.05, 3.63) is 29.3 Å². The second kappa shape index (κ2) is 7.39. The Hall–Kier alpha value is -1.88. The van der Waals surface area contributed by atoms with Crippen molar-refractivity contribution in [3.8, 4) is 0 Å². The molecule has 1 aromatic carbocycles. The number of carbonyl (C=O) groups is 2. The first-order valence-electron chi connectivity index (χ1n) is 9.94. The van der Waals surface area contributed by atoms with Crippen LogP contribution in [0.3, 0.4) is 0 Å². The zero-order valence-corrected chi connectivity index (χ0v) is 16.3. The van der Waals surface area contributed by atoms with Crippen molar-refractivity contribution in [2.24, 2.45) is 0 Å². The number of anilines is 1. The molecule has 1 saturated carbocycles. The number of nitrogens with one attached hydrogen (secondary N) is 1. The number of hydrogen-bond donors (Lipinski definition) is 1. The Morgan fingerprint density at radius 2 is 1.85 bits per heavy atom. The highest BCUT2D eigenvalue weighted by Crippen LogP contribution is 2.46. The van der Waals surface area contributed by atoms with Crippen LogP contribution in [0.1, 0.15) is 61.9 Å². The minimum absolute atomic E-state index is 0.0762. The van der Waals surface area contributed by atoms with Gasteiger partial charge < -0.3 is 14.5 Å². The van der Waals surface area contributed by atoms with Crippen LogP contribution >= 0.6 is 0 Å². The van der Waals surface area contributed by atoms with Crippen LogP contribution in [0.15, 0.2) is 18.2 Å². The molecule has 0 bridgehead atoms. The summed E-state index contributed by atoms with van der Waals surface area (Å²) in [6.07, 6.45) is 5.37. The van der Waals surface area contributed by atoms with Gasteiger partial charge in [0.2, 0.25) is 0 Å². The van der Waals surface area contributed by atoms with Gasteiger partial charge in [0, 0.05) is 25.7 Å². The molecule has 1 saturated heterocycles. The zero-order chi connectivity index (χ0) is 18.8. The Bertz CT molecular complexity index is 688. The van der Waals surface area contributed by atoms with E-state index in [2.05, 4.69) is 12.2 Å². The number of aryl methyl sites for hydroxylation is 1. The highest BCUT2D eigenvalue weighted by Gasteiger charge is 2.60. The molecule has 1 heterocycles. The number of likely N-dealkylation sites (N-methyl/N-ethyl adjacent to an activating group) is 1. The third kappa shape index (κ3) is 2.92. The summed E-state index contributed by atoms with van der Waals surface area (Å²) in [6.45, 7) is 9.40. The van der Waals surface area contributed by atoms with Crippen molar-refractivity contribution >= 4 is 17.6 Å². The molecule has 1 aliphatic heterocycles.